The lowest BCUT2D eigenvalue weighted by molar-refractivity contribution is -0.121. The molecule has 2 rings (SSSR count). The van der Waals surface area contributed by atoms with Crippen LogP contribution in [0.15, 0.2) is 30.5 Å². The minimum atomic E-state index is 0.107. The molecule has 0 bridgehead atoms. The second-order valence-corrected chi connectivity index (χ2v) is 4.60. The zero-order valence-electron chi connectivity index (χ0n) is 11.6. The number of carbonyl (C=O) groups is 1. The van der Waals surface area contributed by atoms with Crippen LogP contribution in [0.4, 0.5) is 0 Å². The highest BCUT2D eigenvalue weighted by molar-refractivity contribution is 5.83. The number of nitrogens with one attached hydrogen (secondary N) is 2. The Bertz CT molecular complexity index is 560. The molecule has 4 nitrogen and oxygen atoms in total. The van der Waals surface area contributed by atoms with E-state index >= 15 is 0 Å². The van der Waals surface area contributed by atoms with Crippen LogP contribution in [0, 0.1) is 0 Å². The van der Waals surface area contributed by atoms with Gasteiger partial charge in [0.25, 0.3) is 0 Å². The Labute approximate surface area is 113 Å². The number of hydrogen-bond donors (Lipinski definition) is 2. The van der Waals surface area contributed by atoms with E-state index in [4.69, 9.17) is 0 Å². The Morgan fingerprint density at radius 1 is 1.32 bits per heavy atom. The summed E-state index contributed by atoms with van der Waals surface area (Å²) in [4.78, 5) is 11.5. The van der Waals surface area contributed by atoms with Crippen molar-refractivity contribution >= 4 is 16.8 Å². The van der Waals surface area contributed by atoms with Gasteiger partial charge in [-0.25, -0.2) is 0 Å². The average molecular weight is 259 g/mol. The third-order valence-corrected chi connectivity index (χ3v) is 3.19. The number of fused-ring (bicyclic) bond motifs is 1. The van der Waals surface area contributed by atoms with E-state index in [0.29, 0.717) is 13.0 Å². The van der Waals surface area contributed by atoms with Crippen LogP contribution in [0.25, 0.3) is 10.9 Å². The van der Waals surface area contributed by atoms with Gasteiger partial charge in [0.05, 0.1) is 5.52 Å². The molecular formula is C15H21N3O. The molecule has 0 saturated heterocycles. The van der Waals surface area contributed by atoms with E-state index in [0.717, 1.165) is 13.1 Å². The zero-order chi connectivity index (χ0) is 13.7. The predicted molar refractivity (Wildman–Crippen MR) is 78.0 cm³/mol. The van der Waals surface area contributed by atoms with Crippen LogP contribution in [0.3, 0.4) is 0 Å². The first-order chi connectivity index (χ1) is 9.26. The summed E-state index contributed by atoms with van der Waals surface area (Å²) in [5.41, 5.74) is 2.49. The summed E-state index contributed by atoms with van der Waals surface area (Å²) >= 11 is 0. The fourth-order valence-corrected chi connectivity index (χ4v) is 2.37. The molecule has 102 valence electrons. The number of nitrogens with zero attached hydrogens (tertiary/aromatic N) is 1. The average Bonchev–Trinajstić information content (AvgIpc) is 2.81. The second kappa shape index (κ2) is 6.38. The van der Waals surface area contributed by atoms with Crippen molar-refractivity contribution in [3.8, 4) is 0 Å². The molecule has 0 aliphatic carbocycles. The van der Waals surface area contributed by atoms with Crippen molar-refractivity contribution in [2.24, 2.45) is 0 Å². The van der Waals surface area contributed by atoms with Gasteiger partial charge in [0, 0.05) is 32.3 Å². The minimum absolute atomic E-state index is 0.107. The maximum absolute atomic E-state index is 11.5. The molecule has 0 radical (unpaired) electrons. The van der Waals surface area contributed by atoms with Gasteiger partial charge in [-0.05, 0) is 31.0 Å². The fourth-order valence-electron chi connectivity index (χ4n) is 2.37. The van der Waals surface area contributed by atoms with E-state index in [1.807, 2.05) is 14.0 Å². The monoisotopic (exact) mass is 259 g/mol. The largest absolute Gasteiger partial charge is 0.356 e. The topological polar surface area (TPSA) is 46.1 Å². The van der Waals surface area contributed by atoms with Crippen LogP contribution < -0.4 is 10.6 Å². The van der Waals surface area contributed by atoms with E-state index in [1.54, 1.807) is 0 Å². The molecule has 1 heterocycles. The molecule has 0 saturated carbocycles. The molecule has 2 aromatic rings. The van der Waals surface area contributed by atoms with Crippen molar-refractivity contribution in [3.05, 3.63) is 36.0 Å². The molecule has 0 aliphatic heterocycles. The standard InChI is InChI=1S/C15H21N3O/c1-3-17-14(19)8-10-18-9-7-12-5-4-6-13(11-16-2)15(12)18/h4-7,9,16H,3,8,10-11H2,1-2H3,(H,17,19). The lowest BCUT2D eigenvalue weighted by Crippen LogP contribution is -2.23. The van der Waals surface area contributed by atoms with Gasteiger partial charge in [-0.2, -0.15) is 0 Å². The summed E-state index contributed by atoms with van der Waals surface area (Å²) in [7, 11) is 1.95. The summed E-state index contributed by atoms with van der Waals surface area (Å²) in [6.45, 7) is 4.18. The number of amides is 1. The zero-order valence-corrected chi connectivity index (χ0v) is 11.6. The fraction of sp³-hybridized carbons (Fsp3) is 0.400. The van der Waals surface area contributed by atoms with Crippen molar-refractivity contribution in [1.82, 2.24) is 15.2 Å². The summed E-state index contributed by atoms with van der Waals surface area (Å²) in [6, 6.07) is 8.41. The first-order valence-corrected chi connectivity index (χ1v) is 6.74. The van der Waals surface area contributed by atoms with Gasteiger partial charge in [0.2, 0.25) is 5.91 Å². The smallest absolute Gasteiger partial charge is 0.221 e. The SMILES string of the molecule is CCNC(=O)CCn1ccc2cccc(CNC)c21. The van der Waals surface area contributed by atoms with E-state index in [1.165, 1.54) is 16.5 Å². The van der Waals surface area contributed by atoms with Crippen molar-refractivity contribution in [2.45, 2.75) is 26.4 Å². The molecule has 0 aliphatic rings. The third-order valence-electron chi connectivity index (χ3n) is 3.19. The summed E-state index contributed by atoms with van der Waals surface area (Å²) < 4.78 is 2.16. The number of benzene rings is 1. The van der Waals surface area contributed by atoms with E-state index < -0.39 is 0 Å². The summed E-state index contributed by atoms with van der Waals surface area (Å²) in [5, 5.41) is 7.24. The minimum Gasteiger partial charge on any atom is -0.356 e. The van der Waals surface area contributed by atoms with Gasteiger partial charge < -0.3 is 15.2 Å². The third kappa shape index (κ3) is 3.15. The van der Waals surface area contributed by atoms with Crippen LogP contribution in [0.5, 0.6) is 0 Å². The highest BCUT2D eigenvalue weighted by Gasteiger charge is 2.07. The number of aryl methyl sites for hydroxylation is 1. The second-order valence-electron chi connectivity index (χ2n) is 4.60. The molecule has 0 unspecified atom stereocenters. The number of rotatable bonds is 6. The normalized spacial score (nSPS) is 10.8. The molecule has 0 spiro atoms. The molecule has 1 aromatic carbocycles. The van der Waals surface area contributed by atoms with Crippen LogP contribution in [-0.4, -0.2) is 24.1 Å². The van der Waals surface area contributed by atoms with Gasteiger partial charge in [0.1, 0.15) is 0 Å². The lowest BCUT2D eigenvalue weighted by atomic mass is 10.1. The maximum atomic E-state index is 11.5. The van der Waals surface area contributed by atoms with Crippen LogP contribution >= 0.6 is 0 Å². The molecule has 19 heavy (non-hydrogen) atoms. The van der Waals surface area contributed by atoms with Crippen LogP contribution in [-0.2, 0) is 17.9 Å². The molecular weight excluding hydrogens is 238 g/mol. The van der Waals surface area contributed by atoms with E-state index in [9.17, 15) is 4.79 Å². The summed E-state index contributed by atoms with van der Waals surface area (Å²) in [6.07, 6.45) is 2.58. The maximum Gasteiger partial charge on any atom is 0.221 e. The first-order valence-electron chi connectivity index (χ1n) is 6.74. The van der Waals surface area contributed by atoms with Crippen molar-refractivity contribution in [3.63, 3.8) is 0 Å². The summed E-state index contributed by atoms with van der Waals surface area (Å²) in [5.74, 6) is 0.107. The first kappa shape index (κ1) is 13.6. The van der Waals surface area contributed by atoms with Crippen LogP contribution in [0.1, 0.15) is 18.9 Å². The van der Waals surface area contributed by atoms with Crippen molar-refractivity contribution < 1.29 is 4.79 Å². The molecule has 2 N–H and O–H groups in total. The number of para-hydroxylation sites is 1. The number of hydrogen-bond acceptors (Lipinski definition) is 2. The van der Waals surface area contributed by atoms with Gasteiger partial charge in [-0.15, -0.1) is 0 Å². The van der Waals surface area contributed by atoms with Crippen LogP contribution in [0.2, 0.25) is 0 Å². The van der Waals surface area contributed by atoms with Crippen molar-refractivity contribution in [1.29, 1.82) is 0 Å². The highest BCUT2D eigenvalue weighted by atomic mass is 16.1. The van der Waals surface area contributed by atoms with Gasteiger partial charge in [0.15, 0.2) is 0 Å². The molecule has 0 atom stereocenters. The predicted octanol–water partition coefficient (Wildman–Crippen LogP) is 1.89. The number of carbonyl (C=O) groups excluding carboxylic acids is 1. The quantitative estimate of drug-likeness (QED) is 0.832. The Hall–Kier alpha value is -1.81. The molecule has 1 aromatic heterocycles. The van der Waals surface area contributed by atoms with Crippen molar-refractivity contribution in [2.75, 3.05) is 13.6 Å². The highest BCUT2D eigenvalue weighted by Crippen LogP contribution is 2.20. The van der Waals surface area contributed by atoms with E-state index in [2.05, 4.69) is 45.7 Å². The lowest BCUT2D eigenvalue weighted by Gasteiger charge is -2.09. The van der Waals surface area contributed by atoms with Gasteiger partial charge >= 0.3 is 0 Å². The number of aromatic nitrogens is 1. The molecule has 0 fully saturated rings. The molecule has 4 heteroatoms. The van der Waals surface area contributed by atoms with E-state index in [-0.39, 0.29) is 5.91 Å². The Morgan fingerprint density at radius 3 is 2.89 bits per heavy atom. The Kier molecular flexibility index (Phi) is 4.58. The molecule has 1 amide bonds. The van der Waals surface area contributed by atoms with Gasteiger partial charge in [-0.3, -0.25) is 4.79 Å². The Morgan fingerprint density at radius 2 is 2.16 bits per heavy atom. The Balaban J connectivity index is 2.21. The van der Waals surface area contributed by atoms with Gasteiger partial charge in [-0.1, -0.05) is 18.2 Å².